The van der Waals surface area contributed by atoms with Crippen molar-refractivity contribution < 1.29 is 0 Å². The van der Waals surface area contributed by atoms with Gasteiger partial charge in [0.15, 0.2) is 5.13 Å². The van der Waals surface area contributed by atoms with E-state index >= 15 is 0 Å². The summed E-state index contributed by atoms with van der Waals surface area (Å²) in [7, 11) is 2.01. The van der Waals surface area contributed by atoms with E-state index in [1.807, 2.05) is 42.2 Å². The monoisotopic (exact) mass is 949 g/mol. The minimum Gasteiger partial charge on any atom is -0.363 e. The Kier molecular flexibility index (Phi) is 15.1. The largest absolute Gasteiger partial charge is 0.363 e. The molecule has 0 aliphatic carbocycles. The molecular formula is C59H68N10S. The minimum atomic E-state index is 0.181. The Morgan fingerprint density at radius 2 is 1.80 bits per heavy atom. The van der Waals surface area contributed by atoms with Crippen LogP contribution in [0.25, 0.3) is 44.0 Å². The van der Waals surface area contributed by atoms with Crippen molar-refractivity contribution in [3.8, 4) is 11.1 Å². The second kappa shape index (κ2) is 21.9. The highest BCUT2D eigenvalue weighted by molar-refractivity contribution is 7.22. The Balaban J connectivity index is 0.736. The third-order valence-electron chi connectivity index (χ3n) is 14.1. The lowest BCUT2D eigenvalue weighted by atomic mass is 9.90. The molecule has 9 rings (SSSR count). The molecule has 4 aromatic heterocycles. The molecule has 360 valence electrons. The number of piperidine rings is 1. The first-order valence-electron chi connectivity index (χ1n) is 25.1. The third kappa shape index (κ3) is 11.0. The van der Waals surface area contributed by atoms with Crippen LogP contribution in [0.15, 0.2) is 135 Å². The number of thiazole rings is 1. The fourth-order valence-corrected chi connectivity index (χ4v) is 11.3. The lowest BCUT2D eigenvalue weighted by Crippen LogP contribution is -2.32. The maximum absolute atomic E-state index is 5.19. The third-order valence-corrected chi connectivity index (χ3v) is 15.1. The molecule has 2 unspecified atom stereocenters. The van der Waals surface area contributed by atoms with E-state index in [0.717, 1.165) is 134 Å². The van der Waals surface area contributed by atoms with Gasteiger partial charge in [-0.25, -0.2) is 9.97 Å². The zero-order chi connectivity index (χ0) is 48.7. The topological polar surface area (TPSA) is 108 Å². The van der Waals surface area contributed by atoms with Crippen LogP contribution in [0.5, 0.6) is 0 Å². The summed E-state index contributed by atoms with van der Waals surface area (Å²) in [5.74, 6) is 1.84. The van der Waals surface area contributed by atoms with Crippen LogP contribution in [-0.4, -0.2) is 44.4 Å². The van der Waals surface area contributed by atoms with Crippen LogP contribution in [0.4, 0.5) is 16.6 Å². The van der Waals surface area contributed by atoms with Gasteiger partial charge in [-0.3, -0.25) is 9.67 Å². The molecule has 2 atom stereocenters. The van der Waals surface area contributed by atoms with E-state index in [1.165, 1.54) is 66.3 Å². The zero-order valence-electron chi connectivity index (χ0n) is 41.3. The molecule has 10 nitrogen and oxygen atoms in total. The molecule has 1 fully saturated rings. The molecule has 0 spiro atoms. The van der Waals surface area contributed by atoms with Crippen molar-refractivity contribution in [2.24, 2.45) is 13.0 Å². The van der Waals surface area contributed by atoms with Gasteiger partial charge in [0.2, 0.25) is 0 Å². The second-order valence-electron chi connectivity index (χ2n) is 19.2. The first-order valence-corrected chi connectivity index (χ1v) is 25.9. The maximum Gasteiger partial charge on any atom is 0.188 e. The van der Waals surface area contributed by atoms with E-state index in [4.69, 9.17) is 20.1 Å². The normalized spacial score (nSPS) is 15.2. The standard InChI is InChI=1S/C59H68N10S/c1-9-15-43(28-31-60-36-40(5)63-46-22-25-50-54(35-46)68(8)67-58(50)48-23-20-39(4)62-41(48)6)16-11-12-17-44-21-24-47(38(3)34-44)49-26-27-56(65-52(49)10-2)69-33-30-45-29-32-61-57(51(45)37-69)42(7)64-59-66-53-18-13-14-19-55(53)70-59/h10,13-14,18-19,21-22,24-27,29,32,34-35,43,48,60,62-63H,2,4-7,9,11-12,15-17,20,23,28,30-31,33,36-37H2,1,3,8H3,(H,64,66). The number of para-hydroxylation sites is 1. The van der Waals surface area contributed by atoms with Gasteiger partial charge in [-0.05, 0) is 135 Å². The molecule has 2 aliphatic heterocycles. The predicted octanol–water partition coefficient (Wildman–Crippen LogP) is 13.5. The average molecular weight is 949 g/mol. The van der Waals surface area contributed by atoms with Gasteiger partial charge in [-0.2, -0.15) is 5.10 Å². The van der Waals surface area contributed by atoms with Crippen LogP contribution < -0.4 is 26.2 Å². The number of hydrogen-bond donors (Lipinski definition) is 4. The first kappa shape index (κ1) is 48.2. The number of hydrogen-bond acceptors (Lipinski definition) is 10. The van der Waals surface area contributed by atoms with Crippen molar-refractivity contribution in [2.45, 2.75) is 90.5 Å². The Morgan fingerprint density at radius 3 is 2.61 bits per heavy atom. The number of benzene rings is 3. The highest BCUT2D eigenvalue weighted by Gasteiger charge is 2.27. The lowest BCUT2D eigenvalue weighted by molar-refractivity contribution is 0.392. The number of aryl methyl sites for hydroxylation is 3. The SMILES string of the molecule is C=Cc1nc(N2CCc3ccnc(C(=C)Nc4nc5ccccc5s4)c3C2)ccc1-c1ccc(CCCCC(CCC)CCNCC(=C)Nc2ccc3c(C4CCC(=C)NC4=C)nn(C)c3c2)cc1C. The van der Waals surface area contributed by atoms with Crippen molar-refractivity contribution in [3.63, 3.8) is 0 Å². The van der Waals surface area contributed by atoms with Crippen molar-refractivity contribution >= 4 is 60.9 Å². The van der Waals surface area contributed by atoms with Gasteiger partial charge >= 0.3 is 0 Å². The summed E-state index contributed by atoms with van der Waals surface area (Å²) in [6, 6.07) is 28.1. The van der Waals surface area contributed by atoms with Gasteiger partial charge < -0.3 is 26.2 Å². The summed E-state index contributed by atoms with van der Waals surface area (Å²) >= 11 is 1.62. The molecular weight excluding hydrogens is 881 g/mol. The maximum atomic E-state index is 5.19. The Bertz CT molecular complexity index is 3050. The molecule has 1 saturated heterocycles. The van der Waals surface area contributed by atoms with Gasteiger partial charge in [0.25, 0.3) is 0 Å². The summed E-state index contributed by atoms with van der Waals surface area (Å²) in [4.78, 5) is 17.1. The number of nitrogens with one attached hydrogen (secondary N) is 4. The quantitative estimate of drug-likeness (QED) is 0.0524. The van der Waals surface area contributed by atoms with Crippen LogP contribution in [0, 0.1) is 12.8 Å². The fourth-order valence-electron chi connectivity index (χ4n) is 10.4. The summed E-state index contributed by atoms with van der Waals surface area (Å²) in [6.45, 7) is 29.1. The summed E-state index contributed by atoms with van der Waals surface area (Å²) < 4.78 is 3.11. The van der Waals surface area contributed by atoms with E-state index in [1.54, 1.807) is 11.3 Å². The van der Waals surface area contributed by atoms with E-state index in [0.29, 0.717) is 6.54 Å². The van der Waals surface area contributed by atoms with Gasteiger partial charge in [-0.1, -0.05) is 107 Å². The van der Waals surface area contributed by atoms with E-state index in [-0.39, 0.29) is 5.92 Å². The van der Waals surface area contributed by atoms with Crippen molar-refractivity contribution in [1.29, 1.82) is 0 Å². The Morgan fingerprint density at radius 1 is 0.943 bits per heavy atom. The van der Waals surface area contributed by atoms with Gasteiger partial charge in [0.05, 0.1) is 38.5 Å². The van der Waals surface area contributed by atoms with Crippen molar-refractivity contribution in [3.05, 3.63) is 174 Å². The smallest absolute Gasteiger partial charge is 0.188 e. The second-order valence-corrected chi connectivity index (χ2v) is 20.2. The fraction of sp³-hybridized carbons (Fsp3) is 0.322. The molecule has 0 amide bonds. The van der Waals surface area contributed by atoms with Crippen LogP contribution in [0.3, 0.4) is 0 Å². The molecule has 70 heavy (non-hydrogen) atoms. The van der Waals surface area contributed by atoms with Gasteiger partial charge in [0, 0.05) is 78.1 Å². The number of aromatic nitrogens is 5. The van der Waals surface area contributed by atoms with Crippen molar-refractivity contribution in [2.75, 3.05) is 35.2 Å². The van der Waals surface area contributed by atoms with Crippen LogP contribution in [0.2, 0.25) is 0 Å². The van der Waals surface area contributed by atoms with Gasteiger partial charge in [0.1, 0.15) is 5.82 Å². The van der Waals surface area contributed by atoms with Crippen LogP contribution in [-0.2, 0) is 26.4 Å². The van der Waals surface area contributed by atoms with E-state index in [9.17, 15) is 0 Å². The molecule has 3 aromatic carbocycles. The Labute approximate surface area is 418 Å². The number of rotatable bonds is 21. The average Bonchev–Trinajstić information content (AvgIpc) is 3.92. The highest BCUT2D eigenvalue weighted by Crippen LogP contribution is 2.37. The number of unbranched alkanes of at least 4 members (excludes halogenated alkanes) is 1. The predicted molar refractivity (Wildman–Crippen MR) is 296 cm³/mol. The van der Waals surface area contributed by atoms with E-state index < -0.39 is 0 Å². The molecule has 0 saturated carbocycles. The molecule has 0 radical (unpaired) electrons. The molecule has 4 N–H and O–H groups in total. The summed E-state index contributed by atoms with van der Waals surface area (Å²) in [5.41, 5.74) is 17.1. The molecule has 11 heteroatoms. The number of anilines is 3. The van der Waals surface area contributed by atoms with Crippen molar-refractivity contribution in [1.82, 2.24) is 35.4 Å². The van der Waals surface area contributed by atoms with Crippen LogP contribution >= 0.6 is 11.3 Å². The summed E-state index contributed by atoms with van der Waals surface area (Å²) in [6.07, 6.45) is 15.0. The number of pyridine rings is 2. The zero-order valence-corrected chi connectivity index (χ0v) is 42.2. The van der Waals surface area contributed by atoms with Gasteiger partial charge in [-0.15, -0.1) is 0 Å². The molecule has 0 bridgehead atoms. The summed E-state index contributed by atoms with van der Waals surface area (Å²) in [5, 5.41) is 20.9. The minimum absolute atomic E-state index is 0.181. The molecule has 2 aliphatic rings. The molecule has 7 aromatic rings. The first-order chi connectivity index (χ1) is 34.0. The van der Waals surface area contributed by atoms with E-state index in [2.05, 4.69) is 134 Å². The lowest BCUT2D eigenvalue weighted by Gasteiger charge is -2.31. The van der Waals surface area contributed by atoms with Crippen LogP contribution in [0.1, 0.15) is 104 Å². The molecule has 6 heterocycles. The number of nitrogens with zero attached hydrogens (tertiary/aromatic N) is 6. The number of allylic oxidation sites excluding steroid dienone is 2. The highest BCUT2D eigenvalue weighted by atomic mass is 32.1. The number of fused-ring (bicyclic) bond motifs is 3. The Hall–Kier alpha value is -6.82.